The predicted molar refractivity (Wildman–Crippen MR) is 105 cm³/mol. The fourth-order valence-electron chi connectivity index (χ4n) is 3.83. The number of esters is 1. The van der Waals surface area contributed by atoms with Gasteiger partial charge in [0.25, 0.3) is 5.91 Å². The maximum absolute atomic E-state index is 12.3. The standard InChI is InChI=1S/C21H23N3O5/c1-3-29-19(25)18-16-12-28-13-17(16)24(22-18)15-6-4-5-14(11-15)7-8-21(27)9-10-23(2)20(21)26/h4-6,11,16-17,27H,3,9-10,12-13H2,1-2H3/t16?,17?,21-/m0/s1. The number of hydrazone groups is 1. The molecule has 0 saturated carbocycles. The van der Waals surface area contributed by atoms with Gasteiger partial charge in [0.05, 0.1) is 37.5 Å². The van der Waals surface area contributed by atoms with Gasteiger partial charge >= 0.3 is 5.97 Å². The third-order valence-corrected chi connectivity index (χ3v) is 5.45. The number of nitrogens with zero attached hydrogens (tertiary/aromatic N) is 3. The second-order valence-corrected chi connectivity index (χ2v) is 7.40. The van der Waals surface area contributed by atoms with Crippen molar-refractivity contribution in [1.29, 1.82) is 0 Å². The van der Waals surface area contributed by atoms with Crippen LogP contribution >= 0.6 is 0 Å². The number of ether oxygens (including phenoxy) is 2. The number of aliphatic hydroxyl groups is 1. The van der Waals surface area contributed by atoms with Gasteiger partial charge in [-0.25, -0.2) is 4.79 Å². The summed E-state index contributed by atoms with van der Waals surface area (Å²) in [5.41, 5.74) is 0.143. The van der Waals surface area contributed by atoms with Crippen molar-refractivity contribution < 1.29 is 24.2 Å². The summed E-state index contributed by atoms with van der Waals surface area (Å²) in [6, 6.07) is 7.26. The first kappa shape index (κ1) is 19.4. The van der Waals surface area contributed by atoms with Crippen LogP contribution in [0.25, 0.3) is 0 Å². The van der Waals surface area contributed by atoms with Crippen LogP contribution in [0.2, 0.25) is 0 Å². The molecule has 1 aromatic rings. The Morgan fingerprint density at radius 2 is 2.28 bits per heavy atom. The van der Waals surface area contributed by atoms with Crippen molar-refractivity contribution >= 4 is 23.3 Å². The van der Waals surface area contributed by atoms with Gasteiger partial charge in [-0.05, 0) is 25.1 Å². The normalized spacial score (nSPS) is 28.1. The molecule has 2 saturated heterocycles. The molecule has 2 fully saturated rings. The zero-order valence-electron chi connectivity index (χ0n) is 16.4. The van der Waals surface area contributed by atoms with Crippen molar-refractivity contribution in [2.75, 3.05) is 38.4 Å². The molecule has 0 aliphatic carbocycles. The first-order valence-electron chi connectivity index (χ1n) is 9.66. The van der Waals surface area contributed by atoms with Gasteiger partial charge in [0.2, 0.25) is 5.60 Å². The van der Waals surface area contributed by atoms with E-state index >= 15 is 0 Å². The second-order valence-electron chi connectivity index (χ2n) is 7.40. The van der Waals surface area contributed by atoms with E-state index < -0.39 is 11.6 Å². The molecule has 29 heavy (non-hydrogen) atoms. The Bertz CT molecular complexity index is 934. The SMILES string of the molecule is CCOC(=O)C1=NN(c2cccc(C#C[C@]3(O)CCN(C)C3=O)c2)C2COCC12. The maximum atomic E-state index is 12.3. The summed E-state index contributed by atoms with van der Waals surface area (Å²) in [6.45, 7) is 3.43. The minimum Gasteiger partial charge on any atom is -0.461 e. The van der Waals surface area contributed by atoms with Crippen LogP contribution in [0.5, 0.6) is 0 Å². The zero-order chi connectivity index (χ0) is 20.6. The van der Waals surface area contributed by atoms with E-state index in [0.29, 0.717) is 31.0 Å². The Balaban J connectivity index is 1.60. The minimum absolute atomic E-state index is 0.0770. The zero-order valence-corrected chi connectivity index (χ0v) is 16.4. The van der Waals surface area contributed by atoms with Crippen molar-refractivity contribution in [3.63, 3.8) is 0 Å². The van der Waals surface area contributed by atoms with Gasteiger partial charge in [0.15, 0.2) is 5.71 Å². The number of hydrogen-bond acceptors (Lipinski definition) is 7. The first-order valence-corrected chi connectivity index (χ1v) is 9.66. The Kier molecular flexibility index (Phi) is 5.03. The molecule has 0 bridgehead atoms. The highest BCUT2D eigenvalue weighted by Crippen LogP contribution is 2.33. The highest BCUT2D eigenvalue weighted by Gasteiger charge is 2.46. The Hall–Kier alpha value is -2.89. The highest BCUT2D eigenvalue weighted by molar-refractivity contribution is 6.38. The van der Waals surface area contributed by atoms with Crippen molar-refractivity contribution in [3.8, 4) is 11.8 Å². The van der Waals surface area contributed by atoms with E-state index in [1.165, 1.54) is 4.90 Å². The molecular weight excluding hydrogens is 374 g/mol. The topological polar surface area (TPSA) is 91.7 Å². The number of likely N-dealkylation sites (N-methyl/N-ethyl adjacent to an activating group) is 1. The molecule has 4 rings (SSSR count). The smallest absolute Gasteiger partial charge is 0.354 e. The summed E-state index contributed by atoms with van der Waals surface area (Å²) in [6.07, 6.45) is 0.287. The first-order chi connectivity index (χ1) is 13.9. The summed E-state index contributed by atoms with van der Waals surface area (Å²) in [5.74, 6) is 4.71. The van der Waals surface area contributed by atoms with Gasteiger partial charge in [-0.15, -0.1) is 0 Å². The number of rotatable bonds is 3. The maximum Gasteiger partial charge on any atom is 0.354 e. The van der Waals surface area contributed by atoms with Crippen LogP contribution in [0.3, 0.4) is 0 Å². The summed E-state index contributed by atoms with van der Waals surface area (Å²) >= 11 is 0. The molecule has 1 N–H and O–H groups in total. The molecule has 8 heteroatoms. The lowest BCUT2D eigenvalue weighted by Gasteiger charge is -2.21. The van der Waals surface area contributed by atoms with Crippen LogP contribution in [0.4, 0.5) is 5.69 Å². The second kappa shape index (κ2) is 7.50. The van der Waals surface area contributed by atoms with Crippen LogP contribution in [-0.4, -0.2) is 72.7 Å². The molecule has 152 valence electrons. The predicted octanol–water partition coefficient (Wildman–Crippen LogP) is 0.385. The quantitative estimate of drug-likeness (QED) is 0.586. The summed E-state index contributed by atoms with van der Waals surface area (Å²) < 4.78 is 10.7. The van der Waals surface area contributed by atoms with Gasteiger partial charge in [0, 0.05) is 25.6 Å². The van der Waals surface area contributed by atoms with E-state index in [4.69, 9.17) is 9.47 Å². The molecule has 3 atom stereocenters. The number of carbonyl (C=O) groups excluding carboxylic acids is 2. The molecule has 0 aromatic heterocycles. The Morgan fingerprint density at radius 1 is 1.45 bits per heavy atom. The van der Waals surface area contributed by atoms with Gasteiger partial charge in [-0.2, -0.15) is 5.10 Å². The number of hydrogen-bond donors (Lipinski definition) is 1. The van der Waals surface area contributed by atoms with Crippen molar-refractivity contribution in [1.82, 2.24) is 4.90 Å². The number of benzene rings is 1. The minimum atomic E-state index is -1.64. The van der Waals surface area contributed by atoms with E-state index in [-0.39, 0.29) is 30.9 Å². The molecule has 1 amide bonds. The van der Waals surface area contributed by atoms with Gasteiger partial charge in [-0.3, -0.25) is 9.80 Å². The third kappa shape index (κ3) is 3.48. The van der Waals surface area contributed by atoms with Crippen LogP contribution < -0.4 is 5.01 Å². The van der Waals surface area contributed by atoms with Gasteiger partial charge in [-0.1, -0.05) is 17.9 Å². The lowest BCUT2D eigenvalue weighted by Crippen LogP contribution is -2.37. The molecule has 8 nitrogen and oxygen atoms in total. The number of anilines is 1. The van der Waals surface area contributed by atoms with E-state index in [2.05, 4.69) is 16.9 Å². The van der Waals surface area contributed by atoms with Crippen molar-refractivity contribution in [3.05, 3.63) is 29.8 Å². The number of carbonyl (C=O) groups is 2. The summed E-state index contributed by atoms with van der Waals surface area (Å²) in [5, 5.41) is 16.8. The average Bonchev–Trinajstić information content (AvgIpc) is 3.39. The summed E-state index contributed by atoms with van der Waals surface area (Å²) in [7, 11) is 1.65. The fraction of sp³-hybridized carbons (Fsp3) is 0.476. The molecule has 3 heterocycles. The molecule has 3 aliphatic heterocycles. The van der Waals surface area contributed by atoms with Crippen LogP contribution in [-0.2, 0) is 19.1 Å². The molecule has 2 unspecified atom stereocenters. The van der Waals surface area contributed by atoms with Crippen molar-refractivity contribution in [2.45, 2.75) is 25.0 Å². The van der Waals surface area contributed by atoms with E-state index in [9.17, 15) is 14.7 Å². The van der Waals surface area contributed by atoms with E-state index in [0.717, 1.165) is 5.69 Å². The van der Waals surface area contributed by atoms with E-state index in [1.807, 2.05) is 18.2 Å². The Morgan fingerprint density at radius 3 is 3.00 bits per heavy atom. The molecule has 0 spiro atoms. The number of amides is 1. The van der Waals surface area contributed by atoms with Crippen molar-refractivity contribution in [2.24, 2.45) is 11.0 Å². The van der Waals surface area contributed by atoms with Gasteiger partial charge < -0.3 is 19.5 Å². The van der Waals surface area contributed by atoms with Crippen LogP contribution in [0, 0.1) is 17.8 Å². The monoisotopic (exact) mass is 397 g/mol. The highest BCUT2D eigenvalue weighted by atomic mass is 16.5. The fourth-order valence-corrected chi connectivity index (χ4v) is 3.83. The summed E-state index contributed by atoms with van der Waals surface area (Å²) in [4.78, 5) is 25.8. The lowest BCUT2D eigenvalue weighted by molar-refractivity contribution is -0.137. The Labute approximate surface area is 169 Å². The lowest BCUT2D eigenvalue weighted by atomic mass is 9.99. The van der Waals surface area contributed by atoms with Crippen LogP contribution in [0.15, 0.2) is 29.4 Å². The number of fused-ring (bicyclic) bond motifs is 1. The molecule has 1 aromatic carbocycles. The molecule has 0 radical (unpaired) electrons. The van der Waals surface area contributed by atoms with E-state index in [1.54, 1.807) is 25.0 Å². The number of likely N-dealkylation sites (tertiary alicyclic amines) is 1. The third-order valence-electron chi connectivity index (χ3n) is 5.45. The largest absolute Gasteiger partial charge is 0.461 e. The molecular formula is C21H23N3O5. The molecule has 3 aliphatic rings. The average molecular weight is 397 g/mol. The van der Waals surface area contributed by atoms with Gasteiger partial charge in [0.1, 0.15) is 0 Å². The van der Waals surface area contributed by atoms with Crippen LogP contribution in [0.1, 0.15) is 18.9 Å².